The second-order valence-corrected chi connectivity index (χ2v) is 13.7. The first kappa shape index (κ1) is 35.3. The van der Waals surface area contributed by atoms with Crippen molar-refractivity contribution in [3.63, 3.8) is 0 Å². The van der Waals surface area contributed by atoms with E-state index in [1.807, 2.05) is 0 Å². The number of aromatic nitrogens is 4. The average molecular weight is 744 g/mol. The van der Waals surface area contributed by atoms with Crippen LogP contribution < -0.4 is 25.8 Å². The van der Waals surface area contributed by atoms with Gasteiger partial charge in [-0.1, -0.05) is 6.07 Å². The van der Waals surface area contributed by atoms with E-state index >= 15 is 17.6 Å². The summed E-state index contributed by atoms with van der Waals surface area (Å²) in [5.74, 6) is -2.95. The number of benzene rings is 2. The second-order valence-electron chi connectivity index (χ2n) is 12.6. The van der Waals surface area contributed by atoms with Gasteiger partial charge in [-0.2, -0.15) is 28.4 Å². The van der Waals surface area contributed by atoms with Crippen molar-refractivity contribution in [2.45, 2.75) is 50.6 Å². The number of fused-ring (bicyclic) bond motifs is 2. The van der Waals surface area contributed by atoms with E-state index in [1.54, 1.807) is 17.9 Å². The molecule has 0 radical (unpaired) electrons. The summed E-state index contributed by atoms with van der Waals surface area (Å²) in [4.78, 5) is 20.2. The molecular formula is C34H31F6N9O2S. The van der Waals surface area contributed by atoms with Crippen molar-refractivity contribution in [1.82, 2.24) is 24.8 Å². The molecule has 2 aromatic carbocycles. The van der Waals surface area contributed by atoms with Gasteiger partial charge in [-0.3, -0.25) is 4.90 Å². The van der Waals surface area contributed by atoms with Crippen LogP contribution in [-0.4, -0.2) is 70.4 Å². The molecule has 3 aliphatic rings. The first-order chi connectivity index (χ1) is 24.8. The van der Waals surface area contributed by atoms with Crippen LogP contribution in [0.5, 0.6) is 11.8 Å². The van der Waals surface area contributed by atoms with Gasteiger partial charge in [0.2, 0.25) is 0 Å². The summed E-state index contributed by atoms with van der Waals surface area (Å²) < 4.78 is 100. The molecule has 3 aromatic heterocycles. The molecule has 11 nitrogen and oxygen atoms in total. The third kappa shape index (κ3) is 5.90. The molecule has 3 aliphatic heterocycles. The van der Waals surface area contributed by atoms with Gasteiger partial charge >= 0.3 is 12.2 Å². The highest BCUT2D eigenvalue weighted by atomic mass is 32.1. The Bertz CT molecular complexity index is 2230. The standard InChI is InChI=1S/C27H19F5N8O2S.C7H12FN/c1-10(13-8-36-9-37-23(13)34)40-5-6-42-21-17-20(38-26(41-2)39-25(17)40)19(29)16(18(21)27(30,31)32)11-3-4-14(28)22-15(11)12(7-33)24(35)43-22;8-6-4-7-2-1-3-9(7)5-6/h3-4,8-10H,5-6,35H2,1-2H3,(H2,34,36,37);6-7H,1-5H2. The minimum Gasteiger partial charge on any atom is -0.490 e. The smallest absolute Gasteiger partial charge is 0.420 e. The summed E-state index contributed by atoms with van der Waals surface area (Å²) in [6.07, 6.45) is 0.327. The molecule has 272 valence electrons. The fourth-order valence-corrected chi connectivity index (χ4v) is 8.28. The SMILES string of the molecule is COc1nc2c3c(c(C(F)(F)F)c(-c4ccc(F)c5sc(N)c(C#N)c45)c(F)c3n1)OCCN2C(C)c1cncnc1N.FC1CC2CCCN2C1. The monoisotopic (exact) mass is 743 g/mol. The summed E-state index contributed by atoms with van der Waals surface area (Å²) in [7, 11) is 1.22. The number of hydrogen-bond donors (Lipinski definition) is 2. The molecule has 0 bridgehead atoms. The third-order valence-electron chi connectivity index (χ3n) is 9.67. The van der Waals surface area contributed by atoms with E-state index < -0.39 is 58.0 Å². The number of halogens is 6. The number of nitrogens with two attached hydrogens (primary N) is 2. The number of anilines is 3. The first-order valence-corrected chi connectivity index (χ1v) is 17.1. The number of ether oxygens (including phenoxy) is 2. The summed E-state index contributed by atoms with van der Waals surface area (Å²) >= 11 is 0.670. The summed E-state index contributed by atoms with van der Waals surface area (Å²) in [6.45, 7) is 3.27. The van der Waals surface area contributed by atoms with E-state index in [0.717, 1.165) is 25.1 Å². The van der Waals surface area contributed by atoms with Crippen LogP contribution in [0.1, 0.15) is 48.9 Å². The predicted octanol–water partition coefficient (Wildman–Crippen LogP) is 6.80. The maximum atomic E-state index is 16.7. The van der Waals surface area contributed by atoms with E-state index in [4.69, 9.17) is 20.9 Å². The van der Waals surface area contributed by atoms with Crippen LogP contribution in [0, 0.1) is 23.0 Å². The molecule has 0 aliphatic carbocycles. The van der Waals surface area contributed by atoms with Crippen molar-refractivity contribution >= 4 is 49.0 Å². The van der Waals surface area contributed by atoms with Crippen molar-refractivity contribution in [3.05, 3.63) is 53.0 Å². The van der Waals surface area contributed by atoms with Gasteiger partial charge in [-0.15, -0.1) is 11.3 Å². The molecule has 3 unspecified atom stereocenters. The van der Waals surface area contributed by atoms with E-state index in [0.29, 0.717) is 29.5 Å². The molecule has 5 aromatic rings. The molecule has 0 saturated carbocycles. The molecular weight excluding hydrogens is 712 g/mol. The lowest BCUT2D eigenvalue weighted by atomic mass is 9.91. The fraction of sp³-hybridized carbons (Fsp3) is 0.382. The lowest BCUT2D eigenvalue weighted by Gasteiger charge is -2.30. The predicted molar refractivity (Wildman–Crippen MR) is 183 cm³/mol. The highest BCUT2D eigenvalue weighted by Crippen LogP contribution is 2.53. The van der Waals surface area contributed by atoms with Gasteiger partial charge in [-0.05, 0) is 44.4 Å². The quantitative estimate of drug-likeness (QED) is 0.187. The van der Waals surface area contributed by atoms with Crippen LogP contribution in [0.25, 0.3) is 32.1 Å². The first-order valence-electron chi connectivity index (χ1n) is 16.3. The van der Waals surface area contributed by atoms with Crippen LogP contribution in [0.3, 0.4) is 0 Å². The molecule has 3 atom stereocenters. The van der Waals surface area contributed by atoms with Gasteiger partial charge < -0.3 is 25.8 Å². The number of hydrogen-bond acceptors (Lipinski definition) is 12. The molecule has 0 amide bonds. The Morgan fingerprint density at radius 1 is 1.15 bits per heavy atom. The van der Waals surface area contributed by atoms with E-state index in [2.05, 4.69) is 24.8 Å². The Morgan fingerprint density at radius 2 is 1.94 bits per heavy atom. The number of thiophene rings is 1. The molecule has 2 saturated heterocycles. The number of alkyl halides is 4. The highest BCUT2D eigenvalue weighted by Gasteiger charge is 2.44. The lowest BCUT2D eigenvalue weighted by Crippen LogP contribution is -2.31. The van der Waals surface area contributed by atoms with Crippen molar-refractivity contribution < 1.29 is 35.8 Å². The topological polar surface area (TPSA) is 152 Å². The van der Waals surface area contributed by atoms with Crippen molar-refractivity contribution in [2.75, 3.05) is 49.7 Å². The Balaban J connectivity index is 0.000000404. The molecule has 8 rings (SSSR count). The van der Waals surface area contributed by atoms with Crippen LogP contribution in [0.15, 0.2) is 24.7 Å². The largest absolute Gasteiger partial charge is 0.490 e. The number of rotatable bonds is 4. The summed E-state index contributed by atoms with van der Waals surface area (Å²) in [5, 5.41) is 8.98. The van der Waals surface area contributed by atoms with Gasteiger partial charge in [0.05, 0.1) is 35.3 Å². The Hall–Kier alpha value is -5.15. The Morgan fingerprint density at radius 3 is 2.63 bits per heavy atom. The minimum absolute atomic E-state index is 0.00582. The maximum Gasteiger partial charge on any atom is 0.420 e. The van der Waals surface area contributed by atoms with Crippen LogP contribution in [0.2, 0.25) is 0 Å². The number of nitrogen functional groups attached to an aromatic ring is 2. The normalized spacial score (nSPS) is 19.1. The lowest BCUT2D eigenvalue weighted by molar-refractivity contribution is -0.138. The summed E-state index contributed by atoms with van der Waals surface area (Å²) in [6, 6.07) is 3.28. The van der Waals surface area contributed by atoms with E-state index in [9.17, 15) is 14.0 Å². The van der Waals surface area contributed by atoms with Crippen molar-refractivity contribution in [1.29, 1.82) is 5.26 Å². The zero-order valence-electron chi connectivity index (χ0n) is 27.8. The number of nitrogens with zero attached hydrogens (tertiary/aromatic N) is 7. The van der Waals surface area contributed by atoms with Crippen molar-refractivity contribution in [3.8, 4) is 29.0 Å². The third-order valence-corrected chi connectivity index (χ3v) is 10.7. The number of methoxy groups -OCH3 is 1. The highest BCUT2D eigenvalue weighted by molar-refractivity contribution is 7.23. The van der Waals surface area contributed by atoms with Gasteiger partial charge in [0, 0.05) is 35.3 Å². The molecule has 0 spiro atoms. The average Bonchev–Trinajstić information content (AvgIpc) is 3.76. The van der Waals surface area contributed by atoms with Gasteiger partial charge in [0.1, 0.15) is 64.5 Å². The molecule has 52 heavy (non-hydrogen) atoms. The maximum absolute atomic E-state index is 16.7. The van der Waals surface area contributed by atoms with Crippen LogP contribution in [-0.2, 0) is 6.18 Å². The van der Waals surface area contributed by atoms with E-state index in [-0.39, 0.29) is 56.8 Å². The molecule has 18 heteroatoms. The number of nitriles is 1. The molecule has 2 fully saturated rings. The van der Waals surface area contributed by atoms with Crippen molar-refractivity contribution in [2.24, 2.45) is 0 Å². The second kappa shape index (κ2) is 13.4. The van der Waals surface area contributed by atoms with Gasteiger partial charge in [-0.25, -0.2) is 23.1 Å². The zero-order valence-corrected chi connectivity index (χ0v) is 28.6. The molecule has 6 heterocycles. The van der Waals surface area contributed by atoms with Crippen LogP contribution in [0.4, 0.5) is 43.0 Å². The van der Waals surface area contributed by atoms with Gasteiger partial charge in [0.15, 0.2) is 5.82 Å². The minimum atomic E-state index is -5.19. The molecule has 4 N–H and O–H groups in total. The van der Waals surface area contributed by atoms with E-state index in [1.165, 1.54) is 32.5 Å². The Labute approximate surface area is 296 Å². The Kier molecular flexibility index (Phi) is 9.11. The van der Waals surface area contributed by atoms with Crippen LogP contribution >= 0.6 is 11.3 Å². The fourth-order valence-electron chi connectivity index (χ4n) is 7.33. The van der Waals surface area contributed by atoms with Gasteiger partial charge in [0.25, 0.3) is 0 Å². The summed E-state index contributed by atoms with van der Waals surface area (Å²) in [5.41, 5.74) is 8.71. The zero-order chi connectivity index (χ0) is 37.1.